The zero-order chi connectivity index (χ0) is 17.2. The van der Waals surface area contributed by atoms with Gasteiger partial charge in [0, 0.05) is 25.5 Å². The van der Waals surface area contributed by atoms with Crippen molar-refractivity contribution in [2.24, 2.45) is 0 Å². The summed E-state index contributed by atoms with van der Waals surface area (Å²) < 4.78 is 32.8. The Morgan fingerprint density at radius 1 is 1.17 bits per heavy atom. The Kier molecular flexibility index (Phi) is 4.68. The second-order valence-corrected chi connectivity index (χ2v) is 7.54. The molecule has 8 heteroatoms. The van der Waals surface area contributed by atoms with Crippen molar-refractivity contribution in [3.05, 3.63) is 42.9 Å². The van der Waals surface area contributed by atoms with Crippen LogP contribution >= 0.6 is 0 Å². The van der Waals surface area contributed by atoms with Crippen LogP contribution in [0.4, 0.5) is 11.5 Å². The highest BCUT2D eigenvalue weighted by atomic mass is 32.2. The van der Waals surface area contributed by atoms with E-state index >= 15 is 0 Å². The van der Waals surface area contributed by atoms with Gasteiger partial charge in [-0.3, -0.25) is 9.71 Å². The van der Waals surface area contributed by atoms with Crippen molar-refractivity contribution in [3.63, 3.8) is 0 Å². The van der Waals surface area contributed by atoms with Crippen molar-refractivity contribution in [3.8, 4) is 0 Å². The Hall–Kier alpha value is -2.19. The molecule has 1 aliphatic rings. The summed E-state index contributed by atoms with van der Waals surface area (Å²) >= 11 is 0. The average molecular weight is 348 g/mol. The van der Waals surface area contributed by atoms with Crippen LogP contribution in [0.3, 0.4) is 0 Å². The average Bonchev–Trinajstić information content (AvgIpc) is 2.55. The van der Waals surface area contributed by atoms with E-state index in [0.29, 0.717) is 5.69 Å². The second kappa shape index (κ2) is 6.74. The summed E-state index contributed by atoms with van der Waals surface area (Å²) in [6.07, 6.45) is 4.63. The fourth-order valence-corrected chi connectivity index (χ4v) is 3.72. The molecule has 3 heterocycles. The Bertz CT molecular complexity index is 771. The number of nitrogens with zero attached hydrogens (tertiary/aromatic N) is 3. The lowest BCUT2D eigenvalue weighted by atomic mass is 10.2. The van der Waals surface area contributed by atoms with Crippen molar-refractivity contribution in [2.75, 3.05) is 22.7 Å². The van der Waals surface area contributed by atoms with Gasteiger partial charge in [0.05, 0.1) is 24.1 Å². The quantitative estimate of drug-likeness (QED) is 0.908. The molecular weight excluding hydrogens is 328 g/mol. The Labute approximate surface area is 141 Å². The van der Waals surface area contributed by atoms with E-state index in [1.165, 1.54) is 24.7 Å². The fourth-order valence-electron chi connectivity index (χ4n) is 2.72. The number of sulfonamides is 1. The summed E-state index contributed by atoms with van der Waals surface area (Å²) in [7, 11) is -3.65. The summed E-state index contributed by atoms with van der Waals surface area (Å²) in [4.78, 5) is 10.5. The van der Waals surface area contributed by atoms with E-state index < -0.39 is 10.0 Å². The lowest BCUT2D eigenvalue weighted by Gasteiger charge is -2.36. The Balaban J connectivity index is 1.73. The SMILES string of the molecule is CC1CN(c2ccc(NS(=O)(=O)c3cccnc3)cn2)CC(C)O1. The van der Waals surface area contributed by atoms with Gasteiger partial charge in [0.1, 0.15) is 10.7 Å². The topological polar surface area (TPSA) is 84.4 Å². The molecule has 3 rings (SSSR count). The molecule has 128 valence electrons. The monoisotopic (exact) mass is 348 g/mol. The first-order chi connectivity index (χ1) is 11.4. The Morgan fingerprint density at radius 3 is 2.50 bits per heavy atom. The van der Waals surface area contributed by atoms with Gasteiger partial charge in [0.25, 0.3) is 10.0 Å². The summed E-state index contributed by atoms with van der Waals surface area (Å²) in [5.41, 5.74) is 0.414. The molecule has 0 radical (unpaired) electrons. The van der Waals surface area contributed by atoms with Crippen LogP contribution in [0.1, 0.15) is 13.8 Å². The van der Waals surface area contributed by atoms with Gasteiger partial charge in [-0.05, 0) is 38.1 Å². The molecule has 24 heavy (non-hydrogen) atoms. The van der Waals surface area contributed by atoms with E-state index in [1.807, 2.05) is 19.9 Å². The molecule has 0 bridgehead atoms. The third kappa shape index (κ3) is 3.82. The molecule has 0 amide bonds. The van der Waals surface area contributed by atoms with E-state index in [2.05, 4.69) is 19.6 Å². The highest BCUT2D eigenvalue weighted by Crippen LogP contribution is 2.21. The third-order valence-corrected chi connectivity index (χ3v) is 5.05. The first kappa shape index (κ1) is 16.7. The van der Waals surface area contributed by atoms with Crippen LogP contribution in [0.5, 0.6) is 0 Å². The maximum absolute atomic E-state index is 12.3. The molecule has 1 saturated heterocycles. The Morgan fingerprint density at radius 2 is 1.92 bits per heavy atom. The maximum atomic E-state index is 12.3. The smallest absolute Gasteiger partial charge is 0.263 e. The molecule has 1 N–H and O–H groups in total. The number of rotatable bonds is 4. The second-order valence-electron chi connectivity index (χ2n) is 5.86. The molecule has 1 aliphatic heterocycles. The van der Waals surface area contributed by atoms with E-state index in [1.54, 1.807) is 12.1 Å². The number of morpholine rings is 1. The first-order valence-corrected chi connectivity index (χ1v) is 9.21. The van der Waals surface area contributed by atoms with Crippen molar-refractivity contribution in [1.82, 2.24) is 9.97 Å². The molecule has 0 saturated carbocycles. The minimum atomic E-state index is -3.65. The number of hydrogen-bond donors (Lipinski definition) is 1. The van der Waals surface area contributed by atoms with Crippen LogP contribution in [0, 0.1) is 0 Å². The molecule has 0 aliphatic carbocycles. The predicted octanol–water partition coefficient (Wildman–Crippen LogP) is 1.89. The minimum Gasteiger partial charge on any atom is -0.372 e. The zero-order valence-corrected chi connectivity index (χ0v) is 14.4. The summed E-state index contributed by atoms with van der Waals surface area (Å²) in [6, 6.07) is 6.59. The van der Waals surface area contributed by atoms with Gasteiger partial charge in [-0.25, -0.2) is 13.4 Å². The molecule has 2 unspecified atom stereocenters. The van der Waals surface area contributed by atoms with Gasteiger partial charge >= 0.3 is 0 Å². The molecule has 0 aromatic carbocycles. The number of hydrogen-bond acceptors (Lipinski definition) is 6. The van der Waals surface area contributed by atoms with Crippen LogP contribution in [0.2, 0.25) is 0 Å². The van der Waals surface area contributed by atoms with E-state index in [-0.39, 0.29) is 17.1 Å². The van der Waals surface area contributed by atoms with Gasteiger partial charge in [0.2, 0.25) is 0 Å². The number of ether oxygens (including phenoxy) is 1. The predicted molar refractivity (Wildman–Crippen MR) is 91.5 cm³/mol. The van der Waals surface area contributed by atoms with Gasteiger partial charge in [-0.2, -0.15) is 0 Å². The number of aromatic nitrogens is 2. The van der Waals surface area contributed by atoms with Gasteiger partial charge < -0.3 is 9.64 Å². The molecule has 2 aromatic rings. The molecule has 0 spiro atoms. The molecule has 2 aromatic heterocycles. The van der Waals surface area contributed by atoms with Gasteiger partial charge in [0.15, 0.2) is 0 Å². The molecular formula is C16H20N4O3S. The summed E-state index contributed by atoms with van der Waals surface area (Å²) in [5, 5.41) is 0. The maximum Gasteiger partial charge on any atom is 0.263 e. The lowest BCUT2D eigenvalue weighted by molar-refractivity contribution is -0.00545. The standard InChI is InChI=1S/C16H20N4O3S/c1-12-10-20(11-13(2)23-12)16-6-5-14(8-18-16)19-24(21,22)15-4-3-7-17-9-15/h3-9,12-13,19H,10-11H2,1-2H3. The van der Waals surface area contributed by atoms with E-state index in [9.17, 15) is 8.42 Å². The third-order valence-electron chi connectivity index (χ3n) is 3.69. The largest absolute Gasteiger partial charge is 0.372 e. The highest BCUT2D eigenvalue weighted by molar-refractivity contribution is 7.92. The van der Waals surface area contributed by atoms with Gasteiger partial charge in [-0.15, -0.1) is 0 Å². The molecule has 1 fully saturated rings. The molecule has 7 nitrogen and oxygen atoms in total. The zero-order valence-electron chi connectivity index (χ0n) is 13.6. The molecule has 2 atom stereocenters. The lowest BCUT2D eigenvalue weighted by Crippen LogP contribution is -2.45. The van der Waals surface area contributed by atoms with Crippen LogP contribution < -0.4 is 9.62 Å². The van der Waals surface area contributed by atoms with Crippen molar-refractivity contribution >= 4 is 21.5 Å². The summed E-state index contributed by atoms with van der Waals surface area (Å²) in [6.45, 7) is 5.58. The van der Waals surface area contributed by atoms with Crippen molar-refractivity contribution in [2.45, 2.75) is 31.0 Å². The van der Waals surface area contributed by atoms with E-state index in [4.69, 9.17) is 4.74 Å². The minimum absolute atomic E-state index is 0.116. The van der Waals surface area contributed by atoms with Crippen LogP contribution in [0.15, 0.2) is 47.8 Å². The van der Waals surface area contributed by atoms with Crippen molar-refractivity contribution < 1.29 is 13.2 Å². The van der Waals surface area contributed by atoms with Crippen LogP contribution in [-0.4, -0.2) is 43.7 Å². The fraction of sp³-hybridized carbons (Fsp3) is 0.375. The van der Waals surface area contributed by atoms with E-state index in [0.717, 1.165) is 18.9 Å². The number of nitrogens with one attached hydrogen (secondary N) is 1. The van der Waals surface area contributed by atoms with Crippen LogP contribution in [-0.2, 0) is 14.8 Å². The van der Waals surface area contributed by atoms with Gasteiger partial charge in [-0.1, -0.05) is 0 Å². The van der Waals surface area contributed by atoms with Crippen LogP contribution in [0.25, 0.3) is 0 Å². The normalized spacial score (nSPS) is 21.5. The summed E-state index contributed by atoms with van der Waals surface area (Å²) in [5.74, 6) is 0.807. The van der Waals surface area contributed by atoms with Crippen molar-refractivity contribution in [1.29, 1.82) is 0 Å². The highest BCUT2D eigenvalue weighted by Gasteiger charge is 2.23. The first-order valence-electron chi connectivity index (χ1n) is 7.73. The number of anilines is 2. The number of pyridine rings is 2.